The van der Waals surface area contributed by atoms with Crippen LogP contribution in [0.2, 0.25) is 0 Å². The highest BCUT2D eigenvalue weighted by molar-refractivity contribution is 9.10. The number of nitrogens with zero attached hydrogens (tertiary/aromatic N) is 1. The van der Waals surface area contributed by atoms with Crippen LogP contribution in [0.5, 0.6) is 5.75 Å². The number of rotatable bonds is 5. The van der Waals surface area contributed by atoms with E-state index in [-0.39, 0.29) is 6.61 Å². The fourth-order valence-electron chi connectivity index (χ4n) is 1.34. The molecule has 0 unspecified atom stereocenters. The Balaban J connectivity index is 1.95. The van der Waals surface area contributed by atoms with Gasteiger partial charge in [0, 0.05) is 10.5 Å². The summed E-state index contributed by atoms with van der Waals surface area (Å²) in [6, 6.07) is 6.45. The second kappa shape index (κ2) is 6.14. The third kappa shape index (κ3) is 3.65. The van der Waals surface area contributed by atoms with Gasteiger partial charge in [0.1, 0.15) is 12.0 Å². The Kier molecular flexibility index (Phi) is 4.30. The van der Waals surface area contributed by atoms with Crippen molar-refractivity contribution in [2.45, 2.75) is 0 Å². The Morgan fingerprint density at radius 2 is 2.32 bits per heavy atom. The van der Waals surface area contributed by atoms with Crippen LogP contribution in [0.1, 0.15) is 10.4 Å². The molecule has 0 bridgehead atoms. The van der Waals surface area contributed by atoms with Crippen molar-refractivity contribution in [1.82, 2.24) is 5.16 Å². The summed E-state index contributed by atoms with van der Waals surface area (Å²) in [5, 5.41) is 6.01. The lowest BCUT2D eigenvalue weighted by Crippen LogP contribution is -2.20. The molecule has 19 heavy (non-hydrogen) atoms. The van der Waals surface area contributed by atoms with E-state index in [1.165, 1.54) is 12.3 Å². The van der Waals surface area contributed by atoms with E-state index in [1.807, 2.05) is 0 Å². The van der Waals surface area contributed by atoms with Crippen LogP contribution in [0, 0.1) is 0 Å². The molecule has 6 nitrogen and oxygen atoms in total. The molecular weight excluding hydrogens is 316 g/mol. The summed E-state index contributed by atoms with van der Waals surface area (Å²) in [7, 11) is 0. The Morgan fingerprint density at radius 3 is 3.00 bits per heavy atom. The van der Waals surface area contributed by atoms with Gasteiger partial charge in [-0.3, -0.25) is 9.59 Å². The van der Waals surface area contributed by atoms with Gasteiger partial charge in [0.25, 0.3) is 5.91 Å². The van der Waals surface area contributed by atoms with Crippen molar-refractivity contribution >= 4 is 33.9 Å². The lowest BCUT2D eigenvalue weighted by atomic mass is 10.2. The first kappa shape index (κ1) is 13.3. The molecule has 0 fully saturated rings. The molecule has 1 aromatic heterocycles. The summed E-state index contributed by atoms with van der Waals surface area (Å²) in [5.41, 5.74) is 0.364. The van der Waals surface area contributed by atoms with Crippen molar-refractivity contribution < 1.29 is 18.8 Å². The van der Waals surface area contributed by atoms with E-state index in [9.17, 15) is 9.59 Å². The van der Waals surface area contributed by atoms with E-state index >= 15 is 0 Å². The van der Waals surface area contributed by atoms with Crippen molar-refractivity contribution in [3.63, 3.8) is 0 Å². The maximum Gasteiger partial charge on any atom is 0.263 e. The SMILES string of the molecule is O=Cc1cc(Br)ccc1OCC(=O)Nc1ccon1. The van der Waals surface area contributed by atoms with Crippen molar-refractivity contribution in [3.8, 4) is 5.75 Å². The summed E-state index contributed by atoms with van der Waals surface area (Å²) in [4.78, 5) is 22.4. The summed E-state index contributed by atoms with van der Waals surface area (Å²) in [5.74, 6) is 0.252. The molecule has 0 aliphatic carbocycles. The van der Waals surface area contributed by atoms with E-state index in [1.54, 1.807) is 18.2 Å². The Morgan fingerprint density at radius 1 is 1.47 bits per heavy atom. The van der Waals surface area contributed by atoms with Gasteiger partial charge in [-0.15, -0.1) is 0 Å². The molecule has 1 heterocycles. The van der Waals surface area contributed by atoms with E-state index < -0.39 is 5.91 Å². The topological polar surface area (TPSA) is 81.4 Å². The van der Waals surface area contributed by atoms with E-state index in [2.05, 4.69) is 30.9 Å². The van der Waals surface area contributed by atoms with Gasteiger partial charge >= 0.3 is 0 Å². The van der Waals surface area contributed by atoms with Gasteiger partial charge in [-0.25, -0.2) is 0 Å². The molecule has 0 spiro atoms. The van der Waals surface area contributed by atoms with Gasteiger partial charge in [0.2, 0.25) is 0 Å². The largest absolute Gasteiger partial charge is 0.483 e. The minimum absolute atomic E-state index is 0.227. The van der Waals surface area contributed by atoms with E-state index in [0.717, 1.165) is 4.47 Å². The molecule has 0 saturated heterocycles. The van der Waals surface area contributed by atoms with Gasteiger partial charge in [0.15, 0.2) is 18.7 Å². The average molecular weight is 325 g/mol. The molecule has 0 aliphatic rings. The average Bonchev–Trinajstić information content (AvgIpc) is 2.90. The van der Waals surface area contributed by atoms with Gasteiger partial charge in [-0.2, -0.15) is 0 Å². The number of halogens is 1. The van der Waals surface area contributed by atoms with Gasteiger partial charge in [-0.05, 0) is 18.2 Å². The minimum atomic E-state index is -0.395. The van der Waals surface area contributed by atoms with Crippen LogP contribution in [0.25, 0.3) is 0 Å². The molecule has 0 atom stereocenters. The number of ether oxygens (including phenoxy) is 1. The molecule has 0 saturated carbocycles. The first-order valence-electron chi connectivity index (χ1n) is 5.27. The zero-order valence-electron chi connectivity index (χ0n) is 9.63. The van der Waals surface area contributed by atoms with E-state index in [0.29, 0.717) is 23.4 Å². The summed E-state index contributed by atoms with van der Waals surface area (Å²) in [6.07, 6.45) is 2.01. The molecule has 2 rings (SSSR count). The number of aldehydes is 1. The lowest BCUT2D eigenvalue weighted by molar-refractivity contribution is -0.118. The van der Waals surface area contributed by atoms with Crippen molar-refractivity contribution in [3.05, 3.63) is 40.6 Å². The number of hydrogen-bond donors (Lipinski definition) is 1. The number of aromatic nitrogens is 1. The second-order valence-corrected chi connectivity index (χ2v) is 4.44. The molecule has 98 valence electrons. The molecule has 0 aliphatic heterocycles. The third-order valence-corrected chi connectivity index (χ3v) is 2.66. The first-order chi connectivity index (χ1) is 9.19. The highest BCUT2D eigenvalue weighted by Gasteiger charge is 2.08. The monoisotopic (exact) mass is 324 g/mol. The molecule has 0 radical (unpaired) electrons. The van der Waals surface area contributed by atoms with Gasteiger partial charge < -0.3 is 14.6 Å². The second-order valence-electron chi connectivity index (χ2n) is 3.52. The van der Waals surface area contributed by atoms with Crippen LogP contribution in [0.15, 0.2) is 39.5 Å². The number of hydrogen-bond acceptors (Lipinski definition) is 5. The molecule has 1 N–H and O–H groups in total. The Hall–Kier alpha value is -2.15. The number of carbonyl (C=O) groups excluding carboxylic acids is 2. The normalized spacial score (nSPS) is 9.95. The van der Waals surface area contributed by atoms with Gasteiger partial charge in [0.05, 0.1) is 5.56 Å². The molecule has 1 aromatic carbocycles. The van der Waals surface area contributed by atoms with Crippen LogP contribution in [0.3, 0.4) is 0 Å². The maximum absolute atomic E-state index is 11.5. The smallest absolute Gasteiger partial charge is 0.263 e. The fraction of sp³-hybridized carbons (Fsp3) is 0.0833. The van der Waals surface area contributed by atoms with Crippen molar-refractivity contribution in [1.29, 1.82) is 0 Å². The van der Waals surface area contributed by atoms with Crippen molar-refractivity contribution in [2.75, 3.05) is 11.9 Å². The standard InChI is InChI=1S/C12H9BrN2O4/c13-9-1-2-10(8(5-9)6-16)18-7-12(17)14-11-3-4-19-15-11/h1-6H,7H2,(H,14,15,17). The number of anilines is 1. The Labute approximate surface area is 116 Å². The highest BCUT2D eigenvalue weighted by Crippen LogP contribution is 2.21. The third-order valence-electron chi connectivity index (χ3n) is 2.16. The molecular formula is C12H9BrN2O4. The lowest BCUT2D eigenvalue weighted by Gasteiger charge is -2.08. The maximum atomic E-state index is 11.5. The molecule has 2 aromatic rings. The zero-order chi connectivity index (χ0) is 13.7. The number of amides is 1. The molecule has 1 amide bonds. The number of nitrogens with one attached hydrogen (secondary N) is 1. The Bertz CT molecular complexity index is 583. The van der Waals surface area contributed by atoms with Crippen LogP contribution < -0.4 is 10.1 Å². The van der Waals surface area contributed by atoms with Crippen LogP contribution in [-0.2, 0) is 4.79 Å². The number of benzene rings is 1. The molecule has 7 heteroatoms. The fourth-order valence-corrected chi connectivity index (χ4v) is 1.72. The first-order valence-corrected chi connectivity index (χ1v) is 6.06. The quantitative estimate of drug-likeness (QED) is 0.853. The minimum Gasteiger partial charge on any atom is -0.483 e. The van der Waals surface area contributed by atoms with Crippen molar-refractivity contribution in [2.24, 2.45) is 0 Å². The van der Waals surface area contributed by atoms with E-state index in [4.69, 9.17) is 4.74 Å². The predicted octanol–water partition coefficient (Wildman–Crippen LogP) is 2.27. The summed E-state index contributed by atoms with van der Waals surface area (Å²) in [6.45, 7) is -0.227. The van der Waals surface area contributed by atoms with Gasteiger partial charge in [-0.1, -0.05) is 21.1 Å². The predicted molar refractivity (Wildman–Crippen MR) is 70.2 cm³/mol. The van der Waals surface area contributed by atoms with Crippen LogP contribution >= 0.6 is 15.9 Å². The van der Waals surface area contributed by atoms with Crippen LogP contribution in [-0.4, -0.2) is 24.0 Å². The zero-order valence-corrected chi connectivity index (χ0v) is 11.2. The highest BCUT2D eigenvalue weighted by atomic mass is 79.9. The summed E-state index contributed by atoms with van der Waals surface area (Å²) < 4.78 is 10.6. The number of carbonyl (C=O) groups is 2. The van der Waals surface area contributed by atoms with Crippen LogP contribution in [0.4, 0.5) is 5.82 Å². The summed E-state index contributed by atoms with van der Waals surface area (Å²) >= 11 is 3.24.